The third-order valence-electron chi connectivity index (χ3n) is 6.72. The fourth-order valence-electron chi connectivity index (χ4n) is 4.76. The van der Waals surface area contributed by atoms with Crippen molar-refractivity contribution in [3.05, 3.63) is 53.8 Å². The minimum atomic E-state index is -0.428. The SMILES string of the molecule is COCCCOc1cc(CN(C(=O)[C@H]2CNCCO2)C2CC2)nc2c(C3=CCCC=C3)cccc12. The average Bonchev–Trinajstić information content (AvgIpc) is 3.75. The number of hydrogen-bond donors (Lipinski definition) is 1. The molecule has 2 aromatic rings. The molecule has 1 aliphatic heterocycles. The van der Waals surface area contributed by atoms with Gasteiger partial charge in [0.1, 0.15) is 11.9 Å². The molecule has 1 N–H and O–H groups in total. The maximum Gasteiger partial charge on any atom is 0.253 e. The van der Waals surface area contributed by atoms with Crippen LogP contribution in [0.3, 0.4) is 0 Å². The van der Waals surface area contributed by atoms with Crippen molar-refractivity contribution in [1.82, 2.24) is 15.2 Å². The van der Waals surface area contributed by atoms with Gasteiger partial charge in [-0.15, -0.1) is 0 Å². The lowest BCUT2D eigenvalue weighted by Crippen LogP contribution is -2.49. The van der Waals surface area contributed by atoms with Crippen LogP contribution < -0.4 is 10.1 Å². The monoisotopic (exact) mass is 477 g/mol. The fourth-order valence-corrected chi connectivity index (χ4v) is 4.76. The van der Waals surface area contributed by atoms with Gasteiger partial charge in [-0.25, -0.2) is 0 Å². The molecule has 1 saturated heterocycles. The minimum absolute atomic E-state index is 0.0513. The van der Waals surface area contributed by atoms with Gasteiger partial charge < -0.3 is 24.4 Å². The van der Waals surface area contributed by atoms with Gasteiger partial charge in [0.25, 0.3) is 5.91 Å². The molecular formula is C28H35N3O4. The Morgan fingerprint density at radius 3 is 2.91 bits per heavy atom. The molecule has 186 valence electrons. The van der Waals surface area contributed by atoms with Crippen LogP contribution in [-0.4, -0.2) is 68.0 Å². The number of hydrogen-bond acceptors (Lipinski definition) is 6. The predicted octanol–water partition coefficient (Wildman–Crippen LogP) is 3.86. The van der Waals surface area contributed by atoms with Crippen LogP contribution >= 0.6 is 0 Å². The Kier molecular flexibility index (Phi) is 7.76. The number of amides is 1. The second-order valence-corrected chi connectivity index (χ2v) is 9.41. The van der Waals surface area contributed by atoms with Crippen molar-refractivity contribution >= 4 is 22.4 Å². The van der Waals surface area contributed by atoms with Crippen molar-refractivity contribution < 1.29 is 19.0 Å². The summed E-state index contributed by atoms with van der Waals surface area (Å²) in [5.74, 6) is 0.859. The number of rotatable bonds is 10. The Labute approximate surface area is 207 Å². The second-order valence-electron chi connectivity index (χ2n) is 9.41. The number of benzene rings is 1. The number of pyridine rings is 1. The van der Waals surface area contributed by atoms with Gasteiger partial charge in [-0.2, -0.15) is 0 Å². The Morgan fingerprint density at radius 2 is 2.17 bits per heavy atom. The lowest BCUT2D eigenvalue weighted by Gasteiger charge is -2.30. The van der Waals surface area contributed by atoms with E-state index in [2.05, 4.69) is 41.7 Å². The zero-order valence-electron chi connectivity index (χ0n) is 20.5. The highest BCUT2D eigenvalue weighted by atomic mass is 16.5. The van der Waals surface area contributed by atoms with Gasteiger partial charge in [0.2, 0.25) is 0 Å². The van der Waals surface area contributed by atoms with E-state index in [0.717, 1.165) is 66.6 Å². The highest BCUT2D eigenvalue weighted by Gasteiger charge is 2.37. The smallest absolute Gasteiger partial charge is 0.253 e. The van der Waals surface area contributed by atoms with Crippen LogP contribution in [0.25, 0.3) is 16.5 Å². The second kappa shape index (κ2) is 11.3. The van der Waals surface area contributed by atoms with Gasteiger partial charge in [-0.05, 0) is 37.3 Å². The number of aromatic nitrogens is 1. The van der Waals surface area contributed by atoms with Gasteiger partial charge in [-0.3, -0.25) is 9.78 Å². The molecule has 35 heavy (non-hydrogen) atoms. The van der Waals surface area contributed by atoms with E-state index >= 15 is 0 Å². The number of nitrogens with one attached hydrogen (secondary N) is 1. The Bertz CT molecular complexity index is 1100. The zero-order chi connectivity index (χ0) is 24.0. The highest BCUT2D eigenvalue weighted by Crippen LogP contribution is 2.35. The molecule has 2 fully saturated rings. The third-order valence-corrected chi connectivity index (χ3v) is 6.72. The van der Waals surface area contributed by atoms with Gasteiger partial charge >= 0.3 is 0 Å². The van der Waals surface area contributed by atoms with Crippen molar-refractivity contribution in [3.63, 3.8) is 0 Å². The summed E-state index contributed by atoms with van der Waals surface area (Å²) < 4.78 is 17.2. The lowest BCUT2D eigenvalue weighted by molar-refractivity contribution is -0.146. The topological polar surface area (TPSA) is 72.9 Å². The number of morpholine rings is 1. The minimum Gasteiger partial charge on any atom is -0.493 e. The molecule has 0 unspecified atom stereocenters. The van der Waals surface area contributed by atoms with E-state index in [1.54, 1.807) is 7.11 Å². The van der Waals surface area contributed by atoms with Crippen LogP contribution in [0.2, 0.25) is 0 Å². The maximum absolute atomic E-state index is 13.4. The highest BCUT2D eigenvalue weighted by molar-refractivity contribution is 5.96. The first-order valence-corrected chi connectivity index (χ1v) is 12.8. The Balaban J connectivity index is 1.49. The molecule has 2 heterocycles. The van der Waals surface area contributed by atoms with Crippen molar-refractivity contribution in [3.8, 4) is 5.75 Å². The van der Waals surface area contributed by atoms with Crippen LogP contribution in [0.4, 0.5) is 0 Å². The molecule has 7 nitrogen and oxygen atoms in total. The van der Waals surface area contributed by atoms with E-state index in [0.29, 0.717) is 32.9 Å². The summed E-state index contributed by atoms with van der Waals surface area (Å²) in [7, 11) is 1.70. The van der Waals surface area contributed by atoms with Crippen molar-refractivity contribution in [2.75, 3.05) is 40.0 Å². The summed E-state index contributed by atoms with van der Waals surface area (Å²) in [4.78, 5) is 20.4. The van der Waals surface area contributed by atoms with E-state index in [-0.39, 0.29) is 11.9 Å². The van der Waals surface area contributed by atoms with Gasteiger partial charge in [0.15, 0.2) is 0 Å². The number of allylic oxidation sites excluding steroid dienone is 4. The standard InChI is InChI=1S/C28H35N3O4/c1-33-14-6-15-34-25-17-21(19-31(22-11-12-22)28(32)26-18-29-13-16-35-26)30-27-23(9-5-10-24(25)27)20-7-3-2-4-8-20/h3,5,7-10,17,22,26,29H,2,4,6,11-16,18-19H2,1H3/t26-/m1/s1. The molecule has 2 aliphatic carbocycles. The number of carbonyl (C=O) groups excluding carboxylic acids is 1. The molecule has 1 amide bonds. The van der Waals surface area contributed by atoms with Gasteiger partial charge in [0.05, 0.1) is 31.0 Å². The molecule has 7 heteroatoms. The molecule has 0 bridgehead atoms. The van der Waals surface area contributed by atoms with Crippen molar-refractivity contribution in [2.45, 2.75) is 50.8 Å². The van der Waals surface area contributed by atoms with E-state index in [4.69, 9.17) is 19.2 Å². The zero-order valence-corrected chi connectivity index (χ0v) is 20.5. The quantitative estimate of drug-likeness (QED) is 0.524. The summed E-state index contributed by atoms with van der Waals surface area (Å²) in [5, 5.41) is 4.27. The van der Waals surface area contributed by atoms with Gasteiger partial charge in [0, 0.05) is 56.3 Å². The first kappa shape index (κ1) is 24.0. The fraction of sp³-hybridized carbons (Fsp3) is 0.500. The van der Waals surface area contributed by atoms with Crippen LogP contribution in [0, 0.1) is 0 Å². The lowest BCUT2D eigenvalue weighted by atomic mass is 9.96. The third kappa shape index (κ3) is 5.74. The molecule has 3 aliphatic rings. The number of methoxy groups -OCH3 is 1. The number of fused-ring (bicyclic) bond motifs is 1. The summed E-state index contributed by atoms with van der Waals surface area (Å²) in [6.07, 6.45) is 11.2. The maximum atomic E-state index is 13.4. The van der Waals surface area contributed by atoms with Crippen LogP contribution in [0.15, 0.2) is 42.5 Å². The molecule has 1 atom stereocenters. The van der Waals surface area contributed by atoms with Crippen molar-refractivity contribution in [1.29, 1.82) is 0 Å². The average molecular weight is 478 g/mol. The molecule has 0 spiro atoms. The summed E-state index contributed by atoms with van der Waals surface area (Å²) in [6, 6.07) is 8.53. The summed E-state index contributed by atoms with van der Waals surface area (Å²) >= 11 is 0. The first-order chi connectivity index (χ1) is 17.2. The first-order valence-electron chi connectivity index (χ1n) is 12.8. The van der Waals surface area contributed by atoms with Crippen LogP contribution in [-0.2, 0) is 20.8 Å². The normalized spacial score (nSPS) is 20.0. The number of ether oxygens (including phenoxy) is 3. The van der Waals surface area contributed by atoms with E-state index < -0.39 is 6.10 Å². The molecular weight excluding hydrogens is 442 g/mol. The molecule has 0 radical (unpaired) electrons. The van der Waals surface area contributed by atoms with Crippen molar-refractivity contribution in [2.24, 2.45) is 0 Å². The Morgan fingerprint density at radius 1 is 1.26 bits per heavy atom. The summed E-state index contributed by atoms with van der Waals surface area (Å²) in [5.41, 5.74) is 4.05. The molecule has 5 rings (SSSR count). The van der Waals surface area contributed by atoms with Crippen LogP contribution in [0.5, 0.6) is 5.75 Å². The summed E-state index contributed by atoms with van der Waals surface area (Å²) in [6.45, 7) is 3.58. The Hall–Kier alpha value is -2.74. The van der Waals surface area contributed by atoms with Gasteiger partial charge in [-0.1, -0.05) is 30.4 Å². The van der Waals surface area contributed by atoms with E-state index in [1.807, 2.05) is 11.0 Å². The molecule has 1 aromatic heterocycles. The van der Waals surface area contributed by atoms with E-state index in [9.17, 15) is 4.79 Å². The number of carbonyl (C=O) groups is 1. The number of nitrogens with zero attached hydrogens (tertiary/aromatic N) is 2. The molecule has 1 saturated carbocycles. The number of para-hydroxylation sites is 1. The molecule has 1 aromatic carbocycles. The van der Waals surface area contributed by atoms with E-state index in [1.165, 1.54) is 5.57 Å². The largest absolute Gasteiger partial charge is 0.493 e. The van der Waals surface area contributed by atoms with Crippen LogP contribution in [0.1, 0.15) is 43.4 Å². The predicted molar refractivity (Wildman–Crippen MR) is 136 cm³/mol.